The zero-order chi connectivity index (χ0) is 7.40. The zero-order valence-electron chi connectivity index (χ0n) is 5.84. The molecule has 1 rings (SSSR count). The summed E-state index contributed by atoms with van der Waals surface area (Å²) in [7, 11) is 0. The second-order valence-electron chi connectivity index (χ2n) is 2.20. The second-order valence-corrected chi connectivity index (χ2v) is 2.20. The lowest BCUT2D eigenvalue weighted by Crippen LogP contribution is -1.71. The summed E-state index contributed by atoms with van der Waals surface area (Å²) in [5.74, 6) is 0. The van der Waals surface area contributed by atoms with Crippen molar-refractivity contribution in [3.63, 3.8) is 0 Å². The summed E-state index contributed by atoms with van der Waals surface area (Å²) in [6.45, 7) is 2.00. The fourth-order valence-electron chi connectivity index (χ4n) is 0.750. The smallest absolute Gasteiger partial charge is 0.0872 e. The van der Waals surface area contributed by atoms with E-state index in [9.17, 15) is 4.39 Å². The van der Waals surface area contributed by atoms with E-state index in [-0.39, 0.29) is 0 Å². The molecule has 0 atom stereocenters. The van der Waals surface area contributed by atoms with Crippen LogP contribution in [0.25, 0.3) is 6.08 Å². The number of hydrogen-bond donors (Lipinski definition) is 0. The molecule has 0 aromatic heterocycles. The standard InChI is InChI=1S/C9H9F/c1-8-2-4-9(5-3-8)6-7-10/h2-7H,1H3. The SMILES string of the molecule is Cc1ccc(C=CF)cc1. The Morgan fingerprint density at radius 2 is 1.80 bits per heavy atom. The minimum absolute atomic E-state index is 0.546. The number of hydrogen-bond acceptors (Lipinski definition) is 0. The number of rotatable bonds is 1. The van der Waals surface area contributed by atoms with Crippen molar-refractivity contribution in [3.8, 4) is 0 Å². The van der Waals surface area contributed by atoms with Crippen LogP contribution in [0.3, 0.4) is 0 Å². The highest BCUT2D eigenvalue weighted by atomic mass is 19.1. The Morgan fingerprint density at radius 3 is 2.30 bits per heavy atom. The van der Waals surface area contributed by atoms with Gasteiger partial charge in [-0.25, -0.2) is 4.39 Å². The van der Waals surface area contributed by atoms with Gasteiger partial charge in [0.25, 0.3) is 0 Å². The maximum atomic E-state index is 11.6. The molecule has 10 heavy (non-hydrogen) atoms. The van der Waals surface area contributed by atoms with Crippen molar-refractivity contribution >= 4 is 6.08 Å². The van der Waals surface area contributed by atoms with Crippen molar-refractivity contribution < 1.29 is 4.39 Å². The van der Waals surface area contributed by atoms with Gasteiger partial charge in [0.1, 0.15) is 0 Å². The summed E-state index contributed by atoms with van der Waals surface area (Å²) in [6.07, 6.45) is 1.98. The van der Waals surface area contributed by atoms with E-state index in [1.807, 2.05) is 31.2 Å². The van der Waals surface area contributed by atoms with Crippen LogP contribution in [0.5, 0.6) is 0 Å². The van der Waals surface area contributed by atoms with Crippen molar-refractivity contribution in [1.82, 2.24) is 0 Å². The van der Waals surface area contributed by atoms with Gasteiger partial charge in [0.05, 0.1) is 6.33 Å². The normalized spacial score (nSPS) is 10.6. The molecule has 52 valence electrons. The third-order valence-electron chi connectivity index (χ3n) is 1.33. The van der Waals surface area contributed by atoms with Gasteiger partial charge in [0, 0.05) is 0 Å². The largest absolute Gasteiger partial charge is 0.216 e. The number of aryl methyl sites for hydroxylation is 1. The average Bonchev–Trinajstić information content (AvgIpc) is 1.95. The van der Waals surface area contributed by atoms with Gasteiger partial charge in [-0.2, -0.15) is 0 Å². The van der Waals surface area contributed by atoms with Crippen LogP contribution >= 0.6 is 0 Å². The molecular weight excluding hydrogens is 127 g/mol. The van der Waals surface area contributed by atoms with Crippen LogP contribution in [-0.4, -0.2) is 0 Å². The Hall–Kier alpha value is -1.11. The molecule has 0 saturated carbocycles. The summed E-state index contributed by atoms with van der Waals surface area (Å²) in [5.41, 5.74) is 2.09. The lowest BCUT2D eigenvalue weighted by Gasteiger charge is -1.91. The van der Waals surface area contributed by atoms with Gasteiger partial charge in [0.15, 0.2) is 0 Å². The van der Waals surface area contributed by atoms with Crippen molar-refractivity contribution in [3.05, 3.63) is 41.7 Å². The topological polar surface area (TPSA) is 0 Å². The summed E-state index contributed by atoms with van der Waals surface area (Å²) < 4.78 is 11.6. The summed E-state index contributed by atoms with van der Waals surface area (Å²) in [6, 6.07) is 7.67. The molecule has 0 N–H and O–H groups in total. The lowest BCUT2D eigenvalue weighted by molar-refractivity contribution is 0.727. The van der Waals surface area contributed by atoms with Crippen LogP contribution in [0.2, 0.25) is 0 Å². The molecule has 0 saturated heterocycles. The molecule has 0 unspecified atom stereocenters. The Balaban J connectivity index is 2.89. The molecule has 1 aromatic rings. The predicted molar refractivity (Wildman–Crippen MR) is 41.3 cm³/mol. The first-order chi connectivity index (χ1) is 4.83. The summed E-state index contributed by atoms with van der Waals surface area (Å²) >= 11 is 0. The molecule has 1 aromatic carbocycles. The first-order valence-electron chi connectivity index (χ1n) is 3.16. The van der Waals surface area contributed by atoms with E-state index in [0.717, 1.165) is 5.56 Å². The van der Waals surface area contributed by atoms with Crippen molar-refractivity contribution in [2.75, 3.05) is 0 Å². The highest BCUT2D eigenvalue weighted by Gasteiger charge is 1.84. The predicted octanol–water partition coefficient (Wildman–Crippen LogP) is 2.94. The molecule has 0 bridgehead atoms. The molecule has 0 heterocycles. The number of halogens is 1. The van der Waals surface area contributed by atoms with Crippen LogP contribution in [0.15, 0.2) is 30.6 Å². The van der Waals surface area contributed by atoms with E-state index in [1.54, 1.807) is 0 Å². The second kappa shape index (κ2) is 3.16. The van der Waals surface area contributed by atoms with Gasteiger partial charge in [0.2, 0.25) is 0 Å². The summed E-state index contributed by atoms with van der Waals surface area (Å²) in [4.78, 5) is 0. The maximum Gasteiger partial charge on any atom is 0.0872 e. The molecular formula is C9H9F. The van der Waals surface area contributed by atoms with Gasteiger partial charge in [-0.3, -0.25) is 0 Å². The quantitative estimate of drug-likeness (QED) is 0.556. The highest BCUT2D eigenvalue weighted by Crippen LogP contribution is 2.04. The molecule has 0 spiro atoms. The van der Waals surface area contributed by atoms with Crippen LogP contribution in [0.1, 0.15) is 11.1 Å². The lowest BCUT2D eigenvalue weighted by atomic mass is 10.1. The van der Waals surface area contributed by atoms with E-state index in [4.69, 9.17) is 0 Å². The summed E-state index contributed by atoms with van der Waals surface area (Å²) in [5, 5.41) is 0. The molecule has 1 heteroatoms. The van der Waals surface area contributed by atoms with E-state index >= 15 is 0 Å². The van der Waals surface area contributed by atoms with Gasteiger partial charge < -0.3 is 0 Å². The zero-order valence-corrected chi connectivity index (χ0v) is 5.84. The van der Waals surface area contributed by atoms with Crippen molar-refractivity contribution in [1.29, 1.82) is 0 Å². The van der Waals surface area contributed by atoms with Crippen molar-refractivity contribution in [2.24, 2.45) is 0 Å². The highest BCUT2D eigenvalue weighted by molar-refractivity contribution is 5.48. The molecule has 0 aliphatic rings. The van der Waals surface area contributed by atoms with Gasteiger partial charge in [-0.15, -0.1) is 0 Å². The van der Waals surface area contributed by atoms with E-state index < -0.39 is 0 Å². The van der Waals surface area contributed by atoms with Gasteiger partial charge in [-0.05, 0) is 18.6 Å². The van der Waals surface area contributed by atoms with Gasteiger partial charge in [-0.1, -0.05) is 29.8 Å². The Kier molecular flexibility index (Phi) is 2.21. The molecule has 0 nitrogen and oxygen atoms in total. The van der Waals surface area contributed by atoms with Crippen LogP contribution in [0, 0.1) is 6.92 Å². The molecule has 0 amide bonds. The molecule has 0 fully saturated rings. The van der Waals surface area contributed by atoms with Crippen LogP contribution in [-0.2, 0) is 0 Å². The fourth-order valence-corrected chi connectivity index (χ4v) is 0.750. The Morgan fingerprint density at radius 1 is 1.20 bits per heavy atom. The van der Waals surface area contributed by atoms with Crippen molar-refractivity contribution in [2.45, 2.75) is 6.92 Å². The monoisotopic (exact) mass is 136 g/mol. The third kappa shape index (κ3) is 1.69. The third-order valence-corrected chi connectivity index (χ3v) is 1.33. The fraction of sp³-hybridized carbons (Fsp3) is 0.111. The minimum Gasteiger partial charge on any atom is -0.216 e. The minimum atomic E-state index is 0.546. The van der Waals surface area contributed by atoms with E-state index in [2.05, 4.69) is 0 Å². The van der Waals surface area contributed by atoms with Gasteiger partial charge >= 0.3 is 0 Å². The molecule has 0 aliphatic carbocycles. The Labute approximate surface area is 60.0 Å². The van der Waals surface area contributed by atoms with Crippen LogP contribution < -0.4 is 0 Å². The first-order valence-corrected chi connectivity index (χ1v) is 3.16. The molecule has 0 radical (unpaired) electrons. The van der Waals surface area contributed by atoms with Crippen LogP contribution in [0.4, 0.5) is 4.39 Å². The average molecular weight is 136 g/mol. The Bertz CT molecular complexity index is 221. The maximum absolute atomic E-state index is 11.6. The molecule has 0 aliphatic heterocycles. The number of benzene rings is 1. The first kappa shape index (κ1) is 7.00. The van der Waals surface area contributed by atoms with E-state index in [1.165, 1.54) is 11.6 Å². The van der Waals surface area contributed by atoms with E-state index in [0.29, 0.717) is 6.33 Å².